The van der Waals surface area contributed by atoms with E-state index in [9.17, 15) is 9.90 Å². The van der Waals surface area contributed by atoms with Crippen molar-refractivity contribution in [3.63, 3.8) is 0 Å². The summed E-state index contributed by atoms with van der Waals surface area (Å²) in [5.74, 6) is 5.69. The number of ether oxygens (including phenoxy) is 2. The summed E-state index contributed by atoms with van der Waals surface area (Å²) in [6.45, 7) is 5.87. The molecule has 1 N–H and O–H groups in total. The molecule has 19 heavy (non-hydrogen) atoms. The van der Waals surface area contributed by atoms with Gasteiger partial charge in [-0.1, -0.05) is 45.5 Å². The first-order valence-corrected chi connectivity index (χ1v) is 7.01. The summed E-state index contributed by atoms with van der Waals surface area (Å²) in [4.78, 5) is 11.1. The van der Waals surface area contributed by atoms with Crippen LogP contribution >= 0.6 is 0 Å². The number of hydrogen-bond donors (Lipinski definition) is 1. The van der Waals surface area contributed by atoms with Crippen molar-refractivity contribution in [3.05, 3.63) is 0 Å². The summed E-state index contributed by atoms with van der Waals surface area (Å²) in [5, 5.41) is 10.1. The minimum absolute atomic E-state index is 0.511. The number of unbranched alkanes of at least 4 members (excludes halogenated alkanes) is 2. The van der Waals surface area contributed by atoms with Crippen LogP contribution in [0, 0.1) is 11.8 Å². The topological polar surface area (TPSA) is 55.8 Å². The number of carbonyl (C=O) groups is 1. The van der Waals surface area contributed by atoms with E-state index in [1.807, 2.05) is 13.8 Å². The molecule has 1 atom stereocenters. The van der Waals surface area contributed by atoms with Crippen LogP contribution in [-0.2, 0) is 9.47 Å². The summed E-state index contributed by atoms with van der Waals surface area (Å²) in [6.07, 6.45) is 3.62. The molecule has 0 aliphatic heterocycles. The first-order chi connectivity index (χ1) is 9.01. The highest BCUT2D eigenvalue weighted by molar-refractivity contribution is 5.60. The van der Waals surface area contributed by atoms with Gasteiger partial charge in [0.15, 0.2) is 6.10 Å². The van der Waals surface area contributed by atoms with Gasteiger partial charge in [0, 0.05) is 0 Å². The molecule has 0 aromatic carbocycles. The highest BCUT2D eigenvalue weighted by Gasteiger charge is 2.19. The Balaban J connectivity index is 4.64. The molecular weight excluding hydrogens is 244 g/mol. The summed E-state index contributed by atoms with van der Waals surface area (Å²) in [5.41, 5.74) is -0.998. The summed E-state index contributed by atoms with van der Waals surface area (Å²) >= 11 is 0. The van der Waals surface area contributed by atoms with Crippen molar-refractivity contribution in [2.45, 2.75) is 71.0 Å². The number of aliphatic hydroxyl groups is 1. The zero-order chi connectivity index (χ0) is 14.7. The van der Waals surface area contributed by atoms with Gasteiger partial charge in [-0.2, -0.15) is 0 Å². The monoisotopic (exact) mass is 270 g/mol. The van der Waals surface area contributed by atoms with Crippen LogP contribution in [-0.4, -0.2) is 30.1 Å². The fraction of sp³-hybridized carbons (Fsp3) is 0.800. The molecule has 0 heterocycles. The molecule has 0 aliphatic rings. The molecule has 0 saturated heterocycles. The molecule has 0 radical (unpaired) electrons. The van der Waals surface area contributed by atoms with E-state index in [2.05, 4.69) is 23.5 Å². The molecule has 0 bridgehead atoms. The number of carbonyl (C=O) groups excluding carboxylic acids is 1. The van der Waals surface area contributed by atoms with E-state index in [1.165, 1.54) is 7.11 Å². The standard InChI is InChI=1S/C15H26O4/c1-5-8-9-10-13(19-14(16)18-4)11-12-15(17,6-2)7-3/h13,17H,5-10H2,1-4H3/t13-/m0/s1. The van der Waals surface area contributed by atoms with E-state index < -0.39 is 17.9 Å². The fourth-order valence-electron chi connectivity index (χ4n) is 1.55. The second kappa shape index (κ2) is 9.69. The lowest BCUT2D eigenvalue weighted by atomic mass is 9.98. The quantitative estimate of drug-likeness (QED) is 0.438. The van der Waals surface area contributed by atoms with E-state index in [4.69, 9.17) is 4.74 Å². The maximum Gasteiger partial charge on any atom is 0.509 e. The van der Waals surface area contributed by atoms with Gasteiger partial charge in [0.2, 0.25) is 0 Å². The molecule has 0 saturated carbocycles. The molecule has 0 rings (SSSR count). The third-order valence-corrected chi connectivity index (χ3v) is 3.11. The van der Waals surface area contributed by atoms with Gasteiger partial charge in [-0.3, -0.25) is 0 Å². The molecule has 0 aromatic rings. The Morgan fingerprint density at radius 2 is 1.89 bits per heavy atom. The Bertz CT molecular complexity index is 310. The van der Waals surface area contributed by atoms with Gasteiger partial charge in [0.05, 0.1) is 7.11 Å². The first-order valence-electron chi connectivity index (χ1n) is 7.01. The fourth-order valence-corrected chi connectivity index (χ4v) is 1.55. The van der Waals surface area contributed by atoms with Crippen molar-refractivity contribution < 1.29 is 19.4 Å². The predicted molar refractivity (Wildman–Crippen MR) is 74.7 cm³/mol. The lowest BCUT2D eigenvalue weighted by Gasteiger charge is -2.18. The molecule has 0 unspecified atom stereocenters. The predicted octanol–water partition coefficient (Wildman–Crippen LogP) is 3.27. The zero-order valence-electron chi connectivity index (χ0n) is 12.5. The third-order valence-electron chi connectivity index (χ3n) is 3.11. The SMILES string of the molecule is CCCCC[C@@H](C#CC(O)(CC)CC)OC(=O)OC. The Labute approximate surface area is 116 Å². The molecule has 4 heteroatoms. The van der Waals surface area contributed by atoms with Crippen LogP contribution in [0.5, 0.6) is 0 Å². The first kappa shape index (κ1) is 17.8. The van der Waals surface area contributed by atoms with Gasteiger partial charge < -0.3 is 14.6 Å². The molecule has 0 spiro atoms. The highest BCUT2D eigenvalue weighted by atomic mass is 16.7. The number of hydrogen-bond acceptors (Lipinski definition) is 4. The van der Waals surface area contributed by atoms with Gasteiger partial charge in [0.25, 0.3) is 0 Å². The molecule has 110 valence electrons. The number of methoxy groups -OCH3 is 1. The van der Waals surface area contributed by atoms with Crippen LogP contribution in [0.3, 0.4) is 0 Å². The largest absolute Gasteiger partial charge is 0.509 e. The van der Waals surface area contributed by atoms with E-state index in [0.717, 1.165) is 19.3 Å². The van der Waals surface area contributed by atoms with Crippen LogP contribution in [0.2, 0.25) is 0 Å². The Hall–Kier alpha value is -1.21. The average Bonchev–Trinajstić information content (AvgIpc) is 2.44. The van der Waals surface area contributed by atoms with Crippen LogP contribution in [0.25, 0.3) is 0 Å². The van der Waals surface area contributed by atoms with E-state index >= 15 is 0 Å². The molecule has 0 aliphatic carbocycles. The van der Waals surface area contributed by atoms with Crippen molar-refractivity contribution in [1.82, 2.24) is 0 Å². The summed E-state index contributed by atoms with van der Waals surface area (Å²) in [7, 11) is 1.27. The van der Waals surface area contributed by atoms with E-state index in [-0.39, 0.29) is 0 Å². The normalized spacial score (nSPS) is 12.3. The molecule has 0 fully saturated rings. The summed E-state index contributed by atoms with van der Waals surface area (Å²) < 4.78 is 9.56. The zero-order valence-corrected chi connectivity index (χ0v) is 12.5. The van der Waals surface area contributed by atoms with Crippen LogP contribution in [0.15, 0.2) is 0 Å². The second-order valence-electron chi connectivity index (χ2n) is 4.56. The van der Waals surface area contributed by atoms with Crippen LogP contribution in [0.1, 0.15) is 59.3 Å². The van der Waals surface area contributed by atoms with Gasteiger partial charge in [-0.15, -0.1) is 0 Å². The smallest absolute Gasteiger partial charge is 0.438 e. The van der Waals surface area contributed by atoms with Crippen molar-refractivity contribution in [3.8, 4) is 11.8 Å². The van der Waals surface area contributed by atoms with Crippen molar-refractivity contribution in [1.29, 1.82) is 0 Å². The number of rotatable bonds is 7. The van der Waals surface area contributed by atoms with Crippen molar-refractivity contribution in [2.75, 3.05) is 7.11 Å². The average molecular weight is 270 g/mol. The Morgan fingerprint density at radius 3 is 2.37 bits per heavy atom. The maximum atomic E-state index is 11.1. The lowest BCUT2D eigenvalue weighted by Crippen LogP contribution is -2.25. The third kappa shape index (κ3) is 7.74. The molecular formula is C15H26O4. The van der Waals surface area contributed by atoms with Crippen LogP contribution < -0.4 is 0 Å². The highest BCUT2D eigenvalue weighted by Crippen LogP contribution is 2.14. The summed E-state index contributed by atoms with van der Waals surface area (Å²) in [6, 6.07) is 0. The maximum absolute atomic E-state index is 11.1. The van der Waals surface area contributed by atoms with Gasteiger partial charge in [0.1, 0.15) is 5.60 Å². The molecule has 4 nitrogen and oxygen atoms in total. The van der Waals surface area contributed by atoms with E-state index in [0.29, 0.717) is 19.3 Å². The Kier molecular flexibility index (Phi) is 9.07. The van der Waals surface area contributed by atoms with Crippen molar-refractivity contribution in [2.24, 2.45) is 0 Å². The van der Waals surface area contributed by atoms with E-state index in [1.54, 1.807) is 0 Å². The second-order valence-corrected chi connectivity index (χ2v) is 4.56. The van der Waals surface area contributed by atoms with Crippen LogP contribution in [0.4, 0.5) is 4.79 Å². The van der Waals surface area contributed by atoms with Gasteiger partial charge in [-0.25, -0.2) is 4.79 Å². The minimum Gasteiger partial charge on any atom is -0.438 e. The molecule has 0 amide bonds. The minimum atomic E-state index is -0.998. The molecule has 0 aromatic heterocycles. The van der Waals surface area contributed by atoms with Gasteiger partial charge in [-0.05, 0) is 25.7 Å². The van der Waals surface area contributed by atoms with Gasteiger partial charge >= 0.3 is 6.16 Å². The Morgan fingerprint density at radius 1 is 1.26 bits per heavy atom. The lowest BCUT2D eigenvalue weighted by molar-refractivity contribution is 0.0511. The van der Waals surface area contributed by atoms with Crippen molar-refractivity contribution >= 4 is 6.16 Å².